The Balaban J connectivity index is 1.97. The Morgan fingerprint density at radius 1 is 1.42 bits per heavy atom. The molecule has 0 bridgehead atoms. The number of rotatable bonds is 4. The Labute approximate surface area is 146 Å². The highest BCUT2D eigenvalue weighted by atomic mass is 35.5. The summed E-state index contributed by atoms with van der Waals surface area (Å²) in [5, 5.41) is 0. The van der Waals surface area contributed by atoms with Gasteiger partial charge < -0.3 is 9.30 Å². The van der Waals surface area contributed by atoms with E-state index in [0.29, 0.717) is 24.4 Å². The van der Waals surface area contributed by atoms with Crippen LogP contribution in [0.15, 0.2) is 18.2 Å². The zero-order chi connectivity index (χ0) is 17.5. The molecule has 0 unspecified atom stereocenters. The van der Waals surface area contributed by atoms with Gasteiger partial charge in [-0.2, -0.15) is 0 Å². The molecule has 6 heteroatoms. The summed E-state index contributed by atoms with van der Waals surface area (Å²) in [6.07, 6.45) is 1.54. The number of nitrogens with zero attached hydrogens (tertiary/aromatic N) is 2. The minimum absolute atomic E-state index is 0.0227. The van der Waals surface area contributed by atoms with Crippen molar-refractivity contribution in [2.75, 3.05) is 0 Å². The zero-order valence-corrected chi connectivity index (χ0v) is 14.9. The number of ketones is 1. The molecule has 1 aromatic carbocycles. The number of hydrogen-bond donors (Lipinski definition) is 0. The van der Waals surface area contributed by atoms with Gasteiger partial charge in [0.2, 0.25) is 0 Å². The fourth-order valence-corrected chi connectivity index (χ4v) is 3.03. The van der Waals surface area contributed by atoms with E-state index in [1.54, 1.807) is 18.2 Å². The van der Waals surface area contributed by atoms with Gasteiger partial charge in [-0.05, 0) is 45.4 Å². The average Bonchev–Trinajstić information content (AvgIpc) is 2.86. The van der Waals surface area contributed by atoms with Crippen molar-refractivity contribution < 1.29 is 14.3 Å². The number of hydrogen-bond acceptors (Lipinski definition) is 4. The van der Waals surface area contributed by atoms with Crippen LogP contribution in [0, 0.1) is 5.92 Å². The van der Waals surface area contributed by atoms with Gasteiger partial charge in [-0.25, -0.2) is 9.78 Å². The quantitative estimate of drug-likeness (QED) is 0.624. The van der Waals surface area contributed by atoms with E-state index in [4.69, 9.17) is 16.3 Å². The maximum atomic E-state index is 12.3. The van der Waals surface area contributed by atoms with Crippen LogP contribution in [0.2, 0.25) is 0 Å². The van der Waals surface area contributed by atoms with Crippen molar-refractivity contribution in [1.29, 1.82) is 0 Å². The van der Waals surface area contributed by atoms with E-state index in [9.17, 15) is 9.59 Å². The number of ether oxygens (including phenoxy) is 1. The van der Waals surface area contributed by atoms with Gasteiger partial charge in [-0.15, -0.1) is 11.6 Å². The average molecular weight is 349 g/mol. The van der Waals surface area contributed by atoms with E-state index in [1.165, 1.54) is 0 Å². The number of imidazole rings is 1. The third-order valence-corrected chi connectivity index (χ3v) is 4.42. The molecule has 0 radical (unpaired) electrons. The minimum atomic E-state index is -0.550. The summed E-state index contributed by atoms with van der Waals surface area (Å²) in [5.41, 5.74) is 1.50. The van der Waals surface area contributed by atoms with E-state index in [1.807, 2.05) is 25.3 Å². The van der Waals surface area contributed by atoms with Crippen molar-refractivity contribution in [2.24, 2.45) is 5.92 Å². The number of aromatic nitrogens is 2. The van der Waals surface area contributed by atoms with Crippen LogP contribution in [-0.4, -0.2) is 26.9 Å². The normalized spacial score (nSPS) is 17.8. The molecule has 1 saturated carbocycles. The molecule has 1 heterocycles. The van der Waals surface area contributed by atoms with Crippen molar-refractivity contribution in [1.82, 2.24) is 9.55 Å². The lowest BCUT2D eigenvalue weighted by molar-refractivity contribution is -0.129. The van der Waals surface area contributed by atoms with Crippen molar-refractivity contribution in [3.63, 3.8) is 0 Å². The molecule has 1 atom stereocenters. The Kier molecular flexibility index (Phi) is 4.38. The Hall–Kier alpha value is -1.88. The lowest BCUT2D eigenvalue weighted by Crippen LogP contribution is -2.30. The van der Waals surface area contributed by atoms with Crippen LogP contribution in [0.1, 0.15) is 49.8 Å². The van der Waals surface area contributed by atoms with E-state index >= 15 is 0 Å². The summed E-state index contributed by atoms with van der Waals surface area (Å²) in [6, 6.07) is 5.28. The lowest BCUT2D eigenvalue weighted by atomic mass is 9.84. The summed E-state index contributed by atoms with van der Waals surface area (Å²) in [5.74, 6) is 0.907. The molecule has 2 aromatic rings. The number of carbonyl (C=O) groups is 2. The van der Waals surface area contributed by atoms with Gasteiger partial charge in [-0.3, -0.25) is 4.79 Å². The van der Waals surface area contributed by atoms with Crippen LogP contribution >= 0.6 is 11.6 Å². The van der Waals surface area contributed by atoms with Crippen molar-refractivity contribution in [2.45, 2.75) is 51.6 Å². The molecular formula is C18H21ClN2O3. The highest BCUT2D eigenvalue weighted by molar-refractivity contribution is 6.16. The van der Waals surface area contributed by atoms with Crippen molar-refractivity contribution in [3.8, 4) is 0 Å². The molecule has 1 aromatic heterocycles. The van der Waals surface area contributed by atoms with Crippen LogP contribution in [-0.2, 0) is 22.0 Å². The van der Waals surface area contributed by atoms with Crippen molar-refractivity contribution >= 4 is 34.4 Å². The van der Waals surface area contributed by atoms with Gasteiger partial charge in [0, 0.05) is 18.9 Å². The maximum Gasteiger partial charge on any atom is 0.338 e. The number of Topliss-reactive ketones (excluding diaryl/α,β-unsaturated/α-hetero) is 1. The third kappa shape index (κ3) is 3.31. The maximum absolute atomic E-state index is 12.3. The fraction of sp³-hybridized carbons (Fsp3) is 0.500. The first-order valence-corrected chi connectivity index (χ1v) is 8.63. The number of carbonyl (C=O) groups excluding carboxylic acids is 2. The molecule has 0 aliphatic heterocycles. The highest BCUT2D eigenvalue weighted by Gasteiger charge is 2.29. The monoisotopic (exact) mass is 348 g/mol. The standard InChI is InChI=1S/C18H21ClN2O3/c1-18(2,3)24-17(23)11-4-6-13-14(8-11)21(16(9-19)20-13)10-12-5-7-15(12)22/h4,6,8,12H,5,7,9-10H2,1-3H3/t12-/m0/s1. The van der Waals surface area contributed by atoms with Gasteiger partial charge >= 0.3 is 5.97 Å². The van der Waals surface area contributed by atoms with Crippen LogP contribution in [0.25, 0.3) is 11.0 Å². The fourth-order valence-electron chi connectivity index (χ4n) is 2.82. The molecule has 1 aliphatic rings. The first kappa shape index (κ1) is 17.0. The van der Waals surface area contributed by atoms with E-state index in [2.05, 4.69) is 4.98 Å². The minimum Gasteiger partial charge on any atom is -0.456 e. The van der Waals surface area contributed by atoms with Gasteiger partial charge in [0.15, 0.2) is 0 Å². The Bertz CT molecular complexity index is 804. The Morgan fingerprint density at radius 3 is 2.71 bits per heavy atom. The predicted molar refractivity (Wildman–Crippen MR) is 92.2 cm³/mol. The lowest BCUT2D eigenvalue weighted by Gasteiger charge is -2.25. The van der Waals surface area contributed by atoms with E-state index in [-0.39, 0.29) is 23.6 Å². The molecule has 1 aliphatic carbocycles. The first-order chi connectivity index (χ1) is 11.3. The summed E-state index contributed by atoms with van der Waals surface area (Å²) in [4.78, 5) is 28.5. The van der Waals surface area contributed by atoms with Gasteiger partial charge in [0.25, 0.3) is 0 Å². The van der Waals surface area contributed by atoms with Crippen LogP contribution < -0.4 is 0 Å². The number of alkyl halides is 1. The molecule has 0 saturated heterocycles. The summed E-state index contributed by atoms with van der Waals surface area (Å²) < 4.78 is 7.38. The second kappa shape index (κ2) is 6.20. The van der Waals surface area contributed by atoms with Crippen LogP contribution in [0.3, 0.4) is 0 Å². The van der Waals surface area contributed by atoms with Crippen LogP contribution in [0.5, 0.6) is 0 Å². The summed E-state index contributed by atoms with van der Waals surface area (Å²) in [6.45, 7) is 6.07. The molecule has 1 fully saturated rings. The Morgan fingerprint density at radius 2 is 2.17 bits per heavy atom. The summed E-state index contributed by atoms with van der Waals surface area (Å²) in [7, 11) is 0. The molecule has 128 valence electrons. The molecule has 0 amide bonds. The highest BCUT2D eigenvalue weighted by Crippen LogP contribution is 2.28. The second-order valence-corrected chi connectivity index (χ2v) is 7.45. The molecular weight excluding hydrogens is 328 g/mol. The molecule has 0 N–H and O–H groups in total. The molecule has 0 spiro atoms. The number of halogens is 1. The van der Waals surface area contributed by atoms with Gasteiger partial charge in [0.1, 0.15) is 17.2 Å². The smallest absolute Gasteiger partial charge is 0.338 e. The van der Waals surface area contributed by atoms with Crippen molar-refractivity contribution in [3.05, 3.63) is 29.6 Å². The zero-order valence-electron chi connectivity index (χ0n) is 14.1. The number of benzene rings is 1. The predicted octanol–water partition coefficient (Wildman–Crippen LogP) is 3.71. The van der Waals surface area contributed by atoms with Gasteiger partial charge in [0.05, 0.1) is 22.5 Å². The third-order valence-electron chi connectivity index (χ3n) is 4.18. The molecule has 3 rings (SSSR count). The summed E-state index contributed by atoms with van der Waals surface area (Å²) >= 11 is 6.01. The number of esters is 1. The second-order valence-electron chi connectivity index (χ2n) is 7.18. The van der Waals surface area contributed by atoms with E-state index in [0.717, 1.165) is 17.5 Å². The molecule has 5 nitrogen and oxygen atoms in total. The van der Waals surface area contributed by atoms with Gasteiger partial charge in [-0.1, -0.05) is 0 Å². The SMILES string of the molecule is CC(C)(C)OC(=O)c1ccc2nc(CCl)n(C[C@@H]3CCC3=O)c2c1. The van der Waals surface area contributed by atoms with E-state index < -0.39 is 5.60 Å². The largest absolute Gasteiger partial charge is 0.456 e. The molecule has 24 heavy (non-hydrogen) atoms. The number of fused-ring (bicyclic) bond motifs is 1. The topological polar surface area (TPSA) is 61.2 Å². The van der Waals surface area contributed by atoms with Crippen LogP contribution in [0.4, 0.5) is 0 Å². The first-order valence-electron chi connectivity index (χ1n) is 8.09.